The van der Waals surface area contributed by atoms with Gasteiger partial charge in [-0.05, 0) is 43.7 Å². The molecule has 1 nitrogen and oxygen atoms in total. The zero-order valence-corrected chi connectivity index (χ0v) is 11.9. The maximum Gasteiger partial charge on any atom is 0.0539 e. The van der Waals surface area contributed by atoms with Crippen LogP contribution in [0.15, 0.2) is 24.8 Å². The van der Waals surface area contributed by atoms with E-state index in [2.05, 4.69) is 43.5 Å². The van der Waals surface area contributed by atoms with Crippen molar-refractivity contribution in [3.8, 4) is 0 Å². The minimum atomic E-state index is 1.17. The molecule has 1 saturated heterocycles. The largest absolute Gasteiger partial charge is 0.371 e. The molecule has 0 aliphatic carbocycles. The van der Waals surface area contributed by atoms with E-state index in [1.54, 1.807) is 0 Å². The summed E-state index contributed by atoms with van der Waals surface area (Å²) in [4.78, 5) is 3.81. The Bertz CT molecular complexity index is 603. The lowest BCUT2D eigenvalue weighted by Crippen LogP contribution is -2.16. The van der Waals surface area contributed by atoms with Crippen molar-refractivity contribution in [2.75, 3.05) is 13.1 Å². The number of rotatable bonds is 2. The molecule has 18 heavy (non-hydrogen) atoms. The highest BCUT2D eigenvalue weighted by Gasteiger charge is 2.18. The Hall–Kier alpha value is -1.28. The molecule has 1 aromatic heterocycles. The van der Waals surface area contributed by atoms with Gasteiger partial charge in [0.05, 0.1) is 4.88 Å². The summed E-state index contributed by atoms with van der Waals surface area (Å²) in [6, 6.07) is 6.73. The first-order valence-electron chi connectivity index (χ1n) is 6.61. The summed E-state index contributed by atoms with van der Waals surface area (Å²) in [5.74, 6) is 0. The molecule has 1 aromatic carbocycles. The second kappa shape index (κ2) is 4.43. The standard InChI is InChI=1S/C16H19NS/c1-11-6-7-15-14(10-11)12(2)16(18-15)13(3)17-8-4-5-9-17/h6-7,10H,3-5,8-9H2,1-2H3. The van der Waals surface area contributed by atoms with Crippen LogP contribution >= 0.6 is 11.3 Å². The van der Waals surface area contributed by atoms with Crippen molar-refractivity contribution in [3.63, 3.8) is 0 Å². The normalized spacial score (nSPS) is 15.6. The second-order valence-corrected chi connectivity index (χ2v) is 6.25. The summed E-state index contributed by atoms with van der Waals surface area (Å²) >= 11 is 1.89. The zero-order valence-electron chi connectivity index (χ0n) is 11.1. The van der Waals surface area contributed by atoms with Crippen molar-refractivity contribution >= 4 is 27.1 Å². The molecule has 0 radical (unpaired) electrons. The summed E-state index contributed by atoms with van der Waals surface area (Å²) in [6.07, 6.45) is 2.62. The van der Waals surface area contributed by atoms with E-state index in [1.165, 1.54) is 57.7 Å². The van der Waals surface area contributed by atoms with Crippen LogP contribution in [0.1, 0.15) is 28.8 Å². The average molecular weight is 257 g/mol. The molecule has 2 heterocycles. The van der Waals surface area contributed by atoms with Crippen molar-refractivity contribution in [1.82, 2.24) is 4.90 Å². The number of likely N-dealkylation sites (tertiary alicyclic amines) is 1. The molecule has 0 N–H and O–H groups in total. The number of hydrogen-bond donors (Lipinski definition) is 0. The highest BCUT2D eigenvalue weighted by atomic mass is 32.1. The first-order valence-corrected chi connectivity index (χ1v) is 7.42. The second-order valence-electron chi connectivity index (χ2n) is 5.20. The lowest BCUT2D eigenvalue weighted by atomic mass is 10.1. The molecule has 1 aliphatic rings. The fraction of sp³-hybridized carbons (Fsp3) is 0.375. The van der Waals surface area contributed by atoms with Gasteiger partial charge in [0.15, 0.2) is 0 Å². The first kappa shape index (κ1) is 11.8. The van der Waals surface area contributed by atoms with Gasteiger partial charge in [0.25, 0.3) is 0 Å². The maximum absolute atomic E-state index is 4.32. The van der Waals surface area contributed by atoms with Crippen LogP contribution in [0.3, 0.4) is 0 Å². The topological polar surface area (TPSA) is 3.24 Å². The summed E-state index contributed by atoms with van der Waals surface area (Å²) < 4.78 is 1.38. The molecule has 3 rings (SSSR count). The van der Waals surface area contributed by atoms with Gasteiger partial charge in [0, 0.05) is 23.5 Å². The zero-order chi connectivity index (χ0) is 12.7. The van der Waals surface area contributed by atoms with Gasteiger partial charge in [-0.3, -0.25) is 0 Å². The van der Waals surface area contributed by atoms with E-state index < -0.39 is 0 Å². The van der Waals surface area contributed by atoms with E-state index in [9.17, 15) is 0 Å². The number of thiophene rings is 1. The molecule has 2 heteroatoms. The van der Waals surface area contributed by atoms with Gasteiger partial charge >= 0.3 is 0 Å². The highest BCUT2D eigenvalue weighted by molar-refractivity contribution is 7.20. The third kappa shape index (κ3) is 1.85. The van der Waals surface area contributed by atoms with E-state index in [1.807, 2.05) is 11.3 Å². The molecule has 0 amide bonds. The Kier molecular flexibility index (Phi) is 2.90. The minimum Gasteiger partial charge on any atom is -0.371 e. The summed E-state index contributed by atoms with van der Waals surface area (Å²) in [7, 11) is 0. The summed E-state index contributed by atoms with van der Waals surface area (Å²) in [5, 5.41) is 1.40. The van der Waals surface area contributed by atoms with Crippen LogP contribution in [0.5, 0.6) is 0 Å². The number of nitrogens with zero attached hydrogens (tertiary/aromatic N) is 1. The monoisotopic (exact) mass is 257 g/mol. The van der Waals surface area contributed by atoms with Crippen molar-refractivity contribution in [2.24, 2.45) is 0 Å². The van der Waals surface area contributed by atoms with Crippen molar-refractivity contribution in [2.45, 2.75) is 26.7 Å². The lowest BCUT2D eigenvalue weighted by molar-refractivity contribution is 0.495. The van der Waals surface area contributed by atoms with Crippen molar-refractivity contribution < 1.29 is 0 Å². The number of hydrogen-bond acceptors (Lipinski definition) is 2. The number of fused-ring (bicyclic) bond motifs is 1. The number of aryl methyl sites for hydroxylation is 2. The molecule has 0 atom stereocenters. The van der Waals surface area contributed by atoms with Gasteiger partial charge < -0.3 is 4.90 Å². The molecular formula is C16H19NS. The third-order valence-corrected chi connectivity index (χ3v) is 5.16. The Morgan fingerprint density at radius 2 is 1.94 bits per heavy atom. The molecule has 2 aromatic rings. The maximum atomic E-state index is 4.32. The van der Waals surface area contributed by atoms with Gasteiger partial charge in [-0.2, -0.15) is 0 Å². The van der Waals surface area contributed by atoms with E-state index in [0.29, 0.717) is 0 Å². The van der Waals surface area contributed by atoms with Crippen LogP contribution in [0.2, 0.25) is 0 Å². The van der Waals surface area contributed by atoms with Gasteiger partial charge in [-0.15, -0.1) is 11.3 Å². The first-order chi connectivity index (χ1) is 8.66. The third-order valence-electron chi connectivity index (χ3n) is 3.84. The molecule has 1 aliphatic heterocycles. The smallest absolute Gasteiger partial charge is 0.0539 e. The van der Waals surface area contributed by atoms with Gasteiger partial charge in [-0.25, -0.2) is 0 Å². The van der Waals surface area contributed by atoms with E-state index in [4.69, 9.17) is 0 Å². The number of benzene rings is 1. The van der Waals surface area contributed by atoms with Crippen molar-refractivity contribution in [1.29, 1.82) is 0 Å². The Morgan fingerprint density at radius 1 is 1.22 bits per heavy atom. The fourth-order valence-corrected chi connectivity index (χ4v) is 3.93. The van der Waals surface area contributed by atoms with Gasteiger partial charge in [-0.1, -0.05) is 24.3 Å². The van der Waals surface area contributed by atoms with Crippen LogP contribution in [0.25, 0.3) is 15.8 Å². The van der Waals surface area contributed by atoms with Crippen LogP contribution in [-0.4, -0.2) is 18.0 Å². The summed E-state index contributed by atoms with van der Waals surface area (Å²) in [6.45, 7) is 11.1. The van der Waals surface area contributed by atoms with Crippen molar-refractivity contribution in [3.05, 3.63) is 40.8 Å². The predicted octanol–water partition coefficient (Wildman–Crippen LogP) is 4.58. The predicted molar refractivity (Wildman–Crippen MR) is 81.1 cm³/mol. The SMILES string of the molecule is C=C(c1sc2ccc(C)cc2c1C)N1CCCC1. The molecule has 0 spiro atoms. The van der Waals surface area contributed by atoms with E-state index in [-0.39, 0.29) is 0 Å². The molecule has 0 bridgehead atoms. The Balaban J connectivity index is 2.06. The Morgan fingerprint density at radius 3 is 2.67 bits per heavy atom. The minimum absolute atomic E-state index is 1.17. The van der Waals surface area contributed by atoms with Crippen LogP contribution in [0, 0.1) is 13.8 Å². The average Bonchev–Trinajstić information content (AvgIpc) is 2.98. The van der Waals surface area contributed by atoms with Crippen LogP contribution in [-0.2, 0) is 0 Å². The fourth-order valence-electron chi connectivity index (χ4n) is 2.74. The van der Waals surface area contributed by atoms with E-state index >= 15 is 0 Å². The van der Waals surface area contributed by atoms with Crippen LogP contribution < -0.4 is 0 Å². The summed E-state index contributed by atoms with van der Waals surface area (Å²) in [5.41, 5.74) is 3.96. The Labute approximate surface area is 113 Å². The quantitative estimate of drug-likeness (QED) is 0.761. The lowest BCUT2D eigenvalue weighted by Gasteiger charge is -2.19. The molecule has 94 valence electrons. The van der Waals surface area contributed by atoms with Gasteiger partial charge in [0.2, 0.25) is 0 Å². The highest BCUT2D eigenvalue weighted by Crippen LogP contribution is 2.37. The molecule has 0 saturated carbocycles. The molecular weight excluding hydrogens is 238 g/mol. The molecule has 0 unspecified atom stereocenters. The van der Waals surface area contributed by atoms with Gasteiger partial charge in [0.1, 0.15) is 0 Å². The van der Waals surface area contributed by atoms with Crippen LogP contribution in [0.4, 0.5) is 0 Å². The van der Waals surface area contributed by atoms with E-state index in [0.717, 1.165) is 0 Å². The molecule has 1 fully saturated rings.